The number of nitrogens with one attached hydrogen (secondary N) is 1. The summed E-state index contributed by atoms with van der Waals surface area (Å²) in [5.41, 5.74) is 2.85. The number of carbonyl (C=O) groups is 2. The Morgan fingerprint density at radius 3 is 2.39 bits per heavy atom. The molecule has 0 aromatic heterocycles. The molecule has 0 aliphatic heterocycles. The van der Waals surface area contributed by atoms with Crippen molar-refractivity contribution in [3.63, 3.8) is 0 Å². The van der Waals surface area contributed by atoms with Gasteiger partial charge in [-0.1, -0.05) is 78.9 Å². The minimum Gasteiger partial charge on any atom is -0.352 e. The highest BCUT2D eigenvalue weighted by atomic mass is 35.5. The van der Waals surface area contributed by atoms with E-state index < -0.39 is 6.04 Å². The molecule has 2 amide bonds. The molecule has 0 unspecified atom stereocenters. The van der Waals surface area contributed by atoms with E-state index in [1.54, 1.807) is 23.1 Å². The molecule has 1 fully saturated rings. The largest absolute Gasteiger partial charge is 0.352 e. The minimum atomic E-state index is -0.527. The molecule has 0 spiro atoms. The highest BCUT2D eigenvalue weighted by Crippen LogP contribution is 2.24. The van der Waals surface area contributed by atoms with Crippen LogP contribution >= 0.6 is 23.2 Å². The van der Waals surface area contributed by atoms with Crippen molar-refractivity contribution in [1.82, 2.24) is 10.2 Å². The predicted octanol–water partition coefficient (Wildman–Crippen LogP) is 5.71. The van der Waals surface area contributed by atoms with E-state index in [9.17, 15) is 9.59 Å². The molecule has 3 rings (SSSR count). The molecule has 2 aromatic carbocycles. The monoisotopic (exact) mass is 460 g/mol. The number of amides is 2. The van der Waals surface area contributed by atoms with Crippen LogP contribution < -0.4 is 5.32 Å². The molecule has 0 saturated heterocycles. The molecule has 1 atom stereocenters. The van der Waals surface area contributed by atoms with Gasteiger partial charge in [-0.05, 0) is 49.4 Å². The molecule has 6 heteroatoms. The number of hydrogen-bond acceptors (Lipinski definition) is 2. The number of benzene rings is 2. The maximum Gasteiger partial charge on any atom is 0.243 e. The summed E-state index contributed by atoms with van der Waals surface area (Å²) in [5, 5.41) is 4.15. The Kier molecular flexibility index (Phi) is 8.39. The first-order valence-electron chi connectivity index (χ1n) is 11.0. The second kappa shape index (κ2) is 11.0. The van der Waals surface area contributed by atoms with Crippen molar-refractivity contribution in [3.8, 4) is 0 Å². The van der Waals surface area contributed by atoms with Crippen molar-refractivity contribution in [1.29, 1.82) is 0 Å². The number of hydrogen-bond donors (Lipinski definition) is 1. The Bertz CT molecular complexity index is 908. The highest BCUT2D eigenvalue weighted by Gasteiger charge is 2.30. The van der Waals surface area contributed by atoms with Gasteiger partial charge in [0.15, 0.2) is 0 Å². The lowest BCUT2D eigenvalue weighted by Crippen LogP contribution is -2.51. The van der Waals surface area contributed by atoms with Gasteiger partial charge in [-0.2, -0.15) is 0 Å². The van der Waals surface area contributed by atoms with Crippen LogP contribution in [0.25, 0.3) is 0 Å². The van der Waals surface area contributed by atoms with Gasteiger partial charge in [0.1, 0.15) is 6.04 Å². The van der Waals surface area contributed by atoms with E-state index in [2.05, 4.69) is 5.32 Å². The van der Waals surface area contributed by atoms with E-state index in [-0.39, 0.29) is 24.3 Å². The van der Waals surface area contributed by atoms with E-state index >= 15 is 0 Å². The molecule has 1 N–H and O–H groups in total. The van der Waals surface area contributed by atoms with Gasteiger partial charge < -0.3 is 10.2 Å². The summed E-state index contributed by atoms with van der Waals surface area (Å²) in [7, 11) is 0. The van der Waals surface area contributed by atoms with Gasteiger partial charge in [0, 0.05) is 22.6 Å². The first-order valence-corrected chi connectivity index (χ1v) is 11.7. The number of carbonyl (C=O) groups excluding carboxylic acids is 2. The lowest BCUT2D eigenvalue weighted by molar-refractivity contribution is -0.141. The molecule has 4 nitrogen and oxygen atoms in total. The molecule has 1 aliphatic carbocycles. The van der Waals surface area contributed by atoms with Crippen LogP contribution in [0.4, 0.5) is 0 Å². The first kappa shape index (κ1) is 23.6. The topological polar surface area (TPSA) is 49.4 Å². The zero-order valence-corrected chi connectivity index (χ0v) is 19.7. The van der Waals surface area contributed by atoms with E-state index in [0.717, 1.165) is 36.8 Å². The molecule has 2 aromatic rings. The van der Waals surface area contributed by atoms with Crippen molar-refractivity contribution in [3.05, 3.63) is 69.2 Å². The second-order valence-electron chi connectivity index (χ2n) is 8.33. The van der Waals surface area contributed by atoms with Crippen molar-refractivity contribution in [2.45, 2.75) is 71.0 Å². The molecule has 1 aliphatic rings. The van der Waals surface area contributed by atoms with E-state index in [4.69, 9.17) is 23.2 Å². The lowest BCUT2D eigenvalue weighted by atomic mass is 10.1. The number of rotatable bonds is 8. The minimum absolute atomic E-state index is 0.0722. The van der Waals surface area contributed by atoms with E-state index in [1.165, 1.54) is 0 Å². The average molecular weight is 461 g/mol. The fraction of sp³-hybridized carbons (Fsp3) is 0.440. The Morgan fingerprint density at radius 2 is 1.77 bits per heavy atom. The SMILES string of the molecule is CC[C@@H](C(=O)NC1CCCC1)N(Cc1ccc(C)cc1)C(=O)Cc1ccc(Cl)cc1Cl. The van der Waals surface area contributed by atoms with Crippen molar-refractivity contribution >= 4 is 35.0 Å². The predicted molar refractivity (Wildman–Crippen MR) is 126 cm³/mol. The van der Waals surface area contributed by atoms with Crippen LogP contribution in [0.5, 0.6) is 0 Å². The van der Waals surface area contributed by atoms with Crippen molar-refractivity contribution in [2.75, 3.05) is 0 Å². The second-order valence-corrected chi connectivity index (χ2v) is 9.18. The van der Waals surface area contributed by atoms with Crippen LogP contribution in [0.2, 0.25) is 10.0 Å². The van der Waals surface area contributed by atoms with Gasteiger partial charge in [0.2, 0.25) is 11.8 Å². The fourth-order valence-electron chi connectivity index (χ4n) is 4.11. The summed E-state index contributed by atoms with van der Waals surface area (Å²) in [5.74, 6) is -0.199. The van der Waals surface area contributed by atoms with E-state index in [1.807, 2.05) is 38.1 Å². The molecular weight excluding hydrogens is 431 g/mol. The van der Waals surface area contributed by atoms with Gasteiger partial charge in [-0.25, -0.2) is 0 Å². The molecule has 0 radical (unpaired) electrons. The first-order chi connectivity index (χ1) is 14.9. The standard InChI is InChI=1S/C25H30Cl2N2O2/c1-3-23(25(31)28-21-6-4-5-7-21)29(16-18-10-8-17(2)9-11-18)24(30)14-19-12-13-20(26)15-22(19)27/h8-13,15,21,23H,3-7,14,16H2,1-2H3,(H,28,31)/t23-/m0/s1. The molecular formula is C25H30Cl2N2O2. The molecule has 166 valence electrons. The quantitative estimate of drug-likeness (QED) is 0.548. The van der Waals surface area contributed by atoms with Gasteiger partial charge in [-0.3, -0.25) is 9.59 Å². The van der Waals surface area contributed by atoms with Gasteiger partial charge in [0.05, 0.1) is 6.42 Å². The van der Waals surface area contributed by atoms with Crippen LogP contribution in [0.3, 0.4) is 0 Å². The third-order valence-corrected chi connectivity index (χ3v) is 6.50. The normalized spacial score (nSPS) is 15.0. The summed E-state index contributed by atoms with van der Waals surface area (Å²) in [6.07, 6.45) is 4.97. The summed E-state index contributed by atoms with van der Waals surface area (Å²) in [4.78, 5) is 28.2. The van der Waals surface area contributed by atoms with Crippen LogP contribution in [0, 0.1) is 6.92 Å². The molecule has 0 heterocycles. The van der Waals surface area contributed by atoms with Crippen molar-refractivity contribution < 1.29 is 9.59 Å². The zero-order valence-electron chi connectivity index (χ0n) is 18.2. The summed E-state index contributed by atoms with van der Waals surface area (Å²) >= 11 is 12.3. The molecule has 1 saturated carbocycles. The maximum absolute atomic E-state index is 13.4. The lowest BCUT2D eigenvalue weighted by Gasteiger charge is -2.31. The zero-order chi connectivity index (χ0) is 22.4. The Hall–Kier alpha value is -2.04. The van der Waals surface area contributed by atoms with Crippen molar-refractivity contribution in [2.24, 2.45) is 0 Å². The number of nitrogens with zero attached hydrogens (tertiary/aromatic N) is 1. The molecule has 31 heavy (non-hydrogen) atoms. The number of halogens is 2. The third kappa shape index (κ3) is 6.47. The van der Waals surface area contributed by atoms with Gasteiger partial charge in [0.25, 0.3) is 0 Å². The summed E-state index contributed by atoms with van der Waals surface area (Å²) in [6, 6.07) is 12.9. The number of aryl methyl sites for hydroxylation is 1. The smallest absolute Gasteiger partial charge is 0.243 e. The third-order valence-electron chi connectivity index (χ3n) is 5.92. The summed E-state index contributed by atoms with van der Waals surface area (Å²) < 4.78 is 0. The fourth-order valence-corrected chi connectivity index (χ4v) is 4.58. The molecule has 0 bridgehead atoms. The highest BCUT2D eigenvalue weighted by molar-refractivity contribution is 6.35. The average Bonchev–Trinajstić information content (AvgIpc) is 3.24. The van der Waals surface area contributed by atoms with Crippen LogP contribution in [-0.4, -0.2) is 28.8 Å². The Labute approximate surface area is 194 Å². The van der Waals surface area contributed by atoms with Gasteiger partial charge >= 0.3 is 0 Å². The Morgan fingerprint density at radius 1 is 1.10 bits per heavy atom. The maximum atomic E-state index is 13.4. The summed E-state index contributed by atoms with van der Waals surface area (Å²) in [6.45, 7) is 4.35. The van der Waals surface area contributed by atoms with Crippen LogP contribution in [-0.2, 0) is 22.6 Å². The Balaban J connectivity index is 1.83. The van der Waals surface area contributed by atoms with Crippen LogP contribution in [0.1, 0.15) is 55.7 Å². The van der Waals surface area contributed by atoms with Crippen LogP contribution in [0.15, 0.2) is 42.5 Å². The van der Waals surface area contributed by atoms with E-state index in [0.29, 0.717) is 28.6 Å². The van der Waals surface area contributed by atoms with Gasteiger partial charge in [-0.15, -0.1) is 0 Å².